The predicted molar refractivity (Wildman–Crippen MR) is 137 cm³/mol. The molecule has 9 nitrogen and oxygen atoms in total. The Bertz CT molecular complexity index is 1540. The van der Waals surface area contributed by atoms with Crippen molar-refractivity contribution in [3.8, 4) is 11.1 Å². The summed E-state index contributed by atoms with van der Waals surface area (Å²) in [5, 5.41) is 4.78. The highest BCUT2D eigenvalue weighted by Gasteiger charge is 2.17. The minimum atomic E-state index is -0.264. The van der Waals surface area contributed by atoms with Crippen molar-refractivity contribution >= 4 is 39.6 Å². The first-order valence-electron chi connectivity index (χ1n) is 11.5. The number of aromatic amines is 1. The first-order valence-corrected chi connectivity index (χ1v) is 11.5. The Hall–Kier alpha value is -4.37. The van der Waals surface area contributed by atoms with E-state index in [1.54, 1.807) is 18.5 Å². The van der Waals surface area contributed by atoms with Crippen LogP contribution in [0.4, 0.5) is 11.8 Å². The van der Waals surface area contributed by atoms with Crippen molar-refractivity contribution in [1.82, 2.24) is 29.8 Å². The molecule has 1 aromatic carbocycles. The van der Waals surface area contributed by atoms with Crippen LogP contribution in [0.1, 0.15) is 10.4 Å². The number of H-pyrrole nitrogens is 1. The van der Waals surface area contributed by atoms with Crippen molar-refractivity contribution < 1.29 is 4.79 Å². The topological polar surface area (TPSA) is 103 Å². The van der Waals surface area contributed by atoms with Gasteiger partial charge in [-0.1, -0.05) is 12.1 Å². The highest BCUT2D eigenvalue weighted by Crippen LogP contribution is 2.26. The molecule has 0 atom stereocenters. The van der Waals surface area contributed by atoms with Crippen LogP contribution in [0.2, 0.25) is 0 Å². The smallest absolute Gasteiger partial charge is 0.258 e. The van der Waals surface area contributed by atoms with Gasteiger partial charge in [0.1, 0.15) is 11.5 Å². The molecule has 0 bridgehead atoms. The van der Waals surface area contributed by atoms with Gasteiger partial charge in [-0.2, -0.15) is 0 Å². The summed E-state index contributed by atoms with van der Waals surface area (Å²) < 4.78 is 0. The minimum absolute atomic E-state index is 0.261. The lowest BCUT2D eigenvalue weighted by Crippen LogP contribution is -2.44. The van der Waals surface area contributed by atoms with Gasteiger partial charge in [-0.25, -0.2) is 19.9 Å². The third-order valence-corrected chi connectivity index (χ3v) is 6.38. The molecule has 1 aliphatic heterocycles. The third kappa shape index (κ3) is 4.29. The second kappa shape index (κ2) is 8.77. The molecular formula is C26H24N8O. The summed E-state index contributed by atoms with van der Waals surface area (Å²) in [7, 11) is 2.11. The lowest BCUT2D eigenvalue weighted by molar-refractivity contribution is 0.102. The number of carbonyl (C=O) groups is 1. The Balaban J connectivity index is 1.24. The molecule has 6 rings (SSSR count). The molecule has 0 radical (unpaired) electrons. The first-order chi connectivity index (χ1) is 17.1. The van der Waals surface area contributed by atoms with Crippen LogP contribution in [0.15, 0.2) is 67.3 Å². The van der Waals surface area contributed by atoms with E-state index in [1.165, 1.54) is 0 Å². The molecule has 5 heterocycles. The van der Waals surface area contributed by atoms with Crippen molar-refractivity contribution in [2.75, 3.05) is 43.4 Å². The number of fused-ring (bicyclic) bond motifs is 2. The molecule has 0 saturated carbocycles. The van der Waals surface area contributed by atoms with Crippen molar-refractivity contribution in [3.05, 3.63) is 72.8 Å². The van der Waals surface area contributed by atoms with Crippen LogP contribution in [-0.4, -0.2) is 69.0 Å². The molecule has 9 heteroatoms. The van der Waals surface area contributed by atoms with Crippen molar-refractivity contribution in [1.29, 1.82) is 0 Å². The van der Waals surface area contributed by atoms with Gasteiger partial charge in [-0.15, -0.1) is 0 Å². The Kier molecular flexibility index (Phi) is 5.31. The molecule has 0 spiro atoms. The maximum Gasteiger partial charge on any atom is 0.258 e. The summed E-state index contributed by atoms with van der Waals surface area (Å²) in [6.07, 6.45) is 7.11. The average molecular weight is 465 g/mol. The Labute approximate surface area is 201 Å². The van der Waals surface area contributed by atoms with E-state index >= 15 is 0 Å². The molecule has 2 N–H and O–H groups in total. The summed E-state index contributed by atoms with van der Waals surface area (Å²) in [4.78, 5) is 38.4. The monoisotopic (exact) mass is 464 g/mol. The van der Waals surface area contributed by atoms with Gasteiger partial charge in [0.2, 0.25) is 5.95 Å². The summed E-state index contributed by atoms with van der Waals surface area (Å²) in [5.74, 6) is 0.806. The number of piperazine rings is 1. The second-order valence-corrected chi connectivity index (χ2v) is 8.75. The van der Waals surface area contributed by atoms with Gasteiger partial charge in [0.15, 0.2) is 0 Å². The van der Waals surface area contributed by atoms with Crippen LogP contribution in [0.3, 0.4) is 0 Å². The summed E-state index contributed by atoms with van der Waals surface area (Å²) in [6, 6.07) is 13.6. The maximum absolute atomic E-state index is 13.0. The van der Waals surface area contributed by atoms with Crippen LogP contribution in [0.5, 0.6) is 0 Å². The van der Waals surface area contributed by atoms with Gasteiger partial charge in [-0.3, -0.25) is 10.1 Å². The molecule has 5 aromatic rings. The van der Waals surface area contributed by atoms with Crippen LogP contribution < -0.4 is 10.2 Å². The number of aromatic nitrogens is 5. The van der Waals surface area contributed by atoms with Gasteiger partial charge in [0.25, 0.3) is 5.91 Å². The van der Waals surface area contributed by atoms with Gasteiger partial charge in [-0.05, 0) is 42.9 Å². The van der Waals surface area contributed by atoms with Gasteiger partial charge >= 0.3 is 0 Å². The summed E-state index contributed by atoms with van der Waals surface area (Å²) >= 11 is 0. The number of nitrogens with zero attached hydrogens (tertiary/aromatic N) is 6. The zero-order valence-corrected chi connectivity index (χ0v) is 19.3. The van der Waals surface area contributed by atoms with Gasteiger partial charge < -0.3 is 14.8 Å². The first kappa shape index (κ1) is 21.2. The number of likely N-dealkylation sites (N-methyl/N-ethyl adjacent to an activating group) is 1. The van der Waals surface area contributed by atoms with Crippen LogP contribution in [-0.2, 0) is 0 Å². The number of anilines is 2. The van der Waals surface area contributed by atoms with E-state index in [4.69, 9.17) is 0 Å². The highest BCUT2D eigenvalue weighted by atomic mass is 16.1. The van der Waals surface area contributed by atoms with E-state index in [9.17, 15) is 4.79 Å². The standard InChI is InChI=1S/C26H24N8O/c1-33-8-10-34(11-9-33)23-14-19(5-6-27-23)25(35)32-26-30-15-20-3-2-17(13-22(20)31-26)21-12-18-4-7-28-24(18)29-16-21/h2-7,12-16H,8-11H2,1H3,(H,28,29)(H,30,31,32,35). The normalized spacial score (nSPS) is 14.5. The van der Waals surface area contributed by atoms with Gasteiger partial charge in [0, 0.05) is 72.9 Å². The predicted octanol–water partition coefficient (Wildman–Crippen LogP) is 3.57. The van der Waals surface area contributed by atoms with E-state index in [0.29, 0.717) is 5.56 Å². The molecular weight excluding hydrogens is 440 g/mol. The van der Waals surface area contributed by atoms with Crippen LogP contribution >= 0.6 is 0 Å². The van der Waals surface area contributed by atoms with Crippen LogP contribution in [0, 0.1) is 0 Å². The van der Waals surface area contributed by atoms with Crippen LogP contribution in [0.25, 0.3) is 33.1 Å². The minimum Gasteiger partial charge on any atom is -0.354 e. The van der Waals surface area contributed by atoms with Crippen molar-refractivity contribution in [2.45, 2.75) is 0 Å². The quantitative estimate of drug-likeness (QED) is 0.419. The lowest BCUT2D eigenvalue weighted by Gasteiger charge is -2.33. The van der Waals surface area contributed by atoms with E-state index in [0.717, 1.165) is 65.1 Å². The zero-order valence-electron chi connectivity index (χ0n) is 19.3. The number of hydrogen-bond acceptors (Lipinski definition) is 7. The zero-order chi connectivity index (χ0) is 23.8. The molecule has 0 aliphatic carbocycles. The number of pyridine rings is 2. The molecule has 1 aliphatic rings. The fourth-order valence-corrected chi connectivity index (χ4v) is 4.30. The average Bonchev–Trinajstić information content (AvgIpc) is 3.37. The fraction of sp³-hybridized carbons (Fsp3) is 0.192. The molecule has 1 saturated heterocycles. The Morgan fingerprint density at radius 1 is 0.914 bits per heavy atom. The molecule has 4 aromatic heterocycles. The number of carbonyl (C=O) groups excluding carboxylic acids is 1. The molecule has 1 fully saturated rings. The number of hydrogen-bond donors (Lipinski definition) is 2. The molecule has 174 valence electrons. The molecule has 0 unspecified atom stereocenters. The summed E-state index contributed by atoms with van der Waals surface area (Å²) in [6.45, 7) is 3.72. The van der Waals surface area contributed by atoms with E-state index < -0.39 is 0 Å². The van der Waals surface area contributed by atoms with E-state index in [-0.39, 0.29) is 11.9 Å². The highest BCUT2D eigenvalue weighted by molar-refractivity contribution is 6.04. The Morgan fingerprint density at radius 3 is 2.69 bits per heavy atom. The van der Waals surface area contributed by atoms with E-state index in [1.807, 2.05) is 42.7 Å². The third-order valence-electron chi connectivity index (χ3n) is 6.38. The number of rotatable bonds is 4. The molecule has 35 heavy (non-hydrogen) atoms. The number of nitrogens with one attached hydrogen (secondary N) is 2. The second-order valence-electron chi connectivity index (χ2n) is 8.75. The lowest BCUT2D eigenvalue weighted by atomic mass is 10.1. The fourth-order valence-electron chi connectivity index (χ4n) is 4.30. The number of benzene rings is 1. The maximum atomic E-state index is 13.0. The van der Waals surface area contributed by atoms with E-state index in [2.05, 4.69) is 53.2 Å². The summed E-state index contributed by atoms with van der Waals surface area (Å²) in [5.41, 5.74) is 4.12. The SMILES string of the molecule is CN1CCN(c2cc(C(=O)Nc3ncc4ccc(-c5cnc6[nH]ccc6c5)cc4n3)ccn2)CC1. The largest absolute Gasteiger partial charge is 0.354 e. The van der Waals surface area contributed by atoms with Gasteiger partial charge in [0.05, 0.1) is 5.52 Å². The van der Waals surface area contributed by atoms with Crippen molar-refractivity contribution in [3.63, 3.8) is 0 Å². The molecule has 1 amide bonds. The van der Waals surface area contributed by atoms with Crippen molar-refractivity contribution in [2.24, 2.45) is 0 Å². The Morgan fingerprint density at radius 2 is 1.80 bits per heavy atom. The number of amides is 1.